The highest BCUT2D eigenvalue weighted by Crippen LogP contribution is 2.42. The Balaban J connectivity index is 2.45. The molecule has 1 aromatic rings. The molecule has 0 aromatic heterocycles. The topological polar surface area (TPSA) is 18.5 Å². The Bertz CT molecular complexity index is 403. The van der Waals surface area contributed by atoms with E-state index in [9.17, 15) is 0 Å². The zero-order chi connectivity index (χ0) is 12.4. The van der Waals surface area contributed by atoms with Gasteiger partial charge >= 0.3 is 0 Å². The maximum atomic E-state index is 5.37. The van der Waals surface area contributed by atoms with E-state index in [1.54, 1.807) is 14.2 Å². The summed E-state index contributed by atoms with van der Waals surface area (Å²) in [6.07, 6.45) is 3.55. The highest BCUT2D eigenvalue weighted by atomic mass is 79.9. The second-order valence-corrected chi connectivity index (χ2v) is 5.86. The number of halogens is 1. The first-order chi connectivity index (χ1) is 8.15. The summed E-state index contributed by atoms with van der Waals surface area (Å²) in [7, 11) is 3.38. The van der Waals surface area contributed by atoms with Crippen LogP contribution in [0.2, 0.25) is 0 Å². The molecule has 0 heterocycles. The Morgan fingerprint density at radius 3 is 2.47 bits per heavy atom. The normalized spacial score (nSPS) is 23.8. The zero-order valence-corrected chi connectivity index (χ0v) is 12.2. The molecule has 0 amide bonds. The standard InChI is InChI=1S/C14H19BrO2/c1-9-4-5-10-7-13(16-2)14(17-3)8-11(10)12(15)6-9/h7-9,12H,4-6H2,1-3H3. The molecule has 0 N–H and O–H groups in total. The van der Waals surface area contributed by atoms with Crippen LogP contribution < -0.4 is 9.47 Å². The van der Waals surface area contributed by atoms with Crippen molar-refractivity contribution >= 4 is 15.9 Å². The van der Waals surface area contributed by atoms with Gasteiger partial charge in [0.15, 0.2) is 11.5 Å². The van der Waals surface area contributed by atoms with Gasteiger partial charge in [0, 0.05) is 4.83 Å². The Morgan fingerprint density at radius 1 is 1.18 bits per heavy atom. The minimum atomic E-state index is 0.426. The van der Waals surface area contributed by atoms with Crippen LogP contribution in [0, 0.1) is 5.92 Å². The smallest absolute Gasteiger partial charge is 0.161 e. The molecule has 94 valence electrons. The maximum Gasteiger partial charge on any atom is 0.161 e. The van der Waals surface area contributed by atoms with Crippen LogP contribution in [0.15, 0.2) is 12.1 Å². The molecule has 3 heteroatoms. The van der Waals surface area contributed by atoms with Crippen LogP contribution in [0.3, 0.4) is 0 Å². The number of aryl methyl sites for hydroxylation is 1. The summed E-state index contributed by atoms with van der Waals surface area (Å²) in [5.41, 5.74) is 2.74. The number of alkyl halides is 1. The third kappa shape index (κ3) is 2.59. The van der Waals surface area contributed by atoms with E-state index in [1.165, 1.54) is 24.0 Å². The molecule has 2 atom stereocenters. The fourth-order valence-corrected chi connectivity index (χ4v) is 3.51. The lowest BCUT2D eigenvalue weighted by molar-refractivity contribution is 0.354. The third-order valence-corrected chi connectivity index (χ3v) is 4.37. The minimum Gasteiger partial charge on any atom is -0.493 e. The van der Waals surface area contributed by atoms with Gasteiger partial charge in [-0.05, 0) is 48.4 Å². The van der Waals surface area contributed by atoms with Gasteiger partial charge < -0.3 is 9.47 Å². The molecule has 0 bridgehead atoms. The average molecular weight is 299 g/mol. The highest BCUT2D eigenvalue weighted by Gasteiger charge is 2.22. The molecule has 1 aliphatic rings. The molecule has 0 saturated heterocycles. The second kappa shape index (κ2) is 5.30. The van der Waals surface area contributed by atoms with Crippen molar-refractivity contribution in [3.63, 3.8) is 0 Å². The summed E-state index contributed by atoms with van der Waals surface area (Å²) >= 11 is 3.79. The summed E-state index contributed by atoms with van der Waals surface area (Å²) in [4.78, 5) is 0.426. The average Bonchev–Trinajstić information content (AvgIpc) is 2.47. The molecule has 0 saturated carbocycles. The second-order valence-electron chi connectivity index (χ2n) is 4.75. The van der Waals surface area contributed by atoms with E-state index >= 15 is 0 Å². The van der Waals surface area contributed by atoms with Crippen molar-refractivity contribution in [3.8, 4) is 11.5 Å². The molecule has 2 rings (SSSR count). The van der Waals surface area contributed by atoms with Crippen molar-refractivity contribution < 1.29 is 9.47 Å². The van der Waals surface area contributed by atoms with E-state index in [0.717, 1.165) is 23.8 Å². The van der Waals surface area contributed by atoms with Gasteiger partial charge in [0.05, 0.1) is 14.2 Å². The Labute approximate surface area is 111 Å². The summed E-state index contributed by atoms with van der Waals surface area (Å²) in [5, 5.41) is 0. The molecule has 1 aliphatic carbocycles. The first kappa shape index (κ1) is 12.7. The van der Waals surface area contributed by atoms with Crippen LogP contribution in [0.1, 0.15) is 35.7 Å². The van der Waals surface area contributed by atoms with Crippen molar-refractivity contribution in [2.75, 3.05) is 14.2 Å². The monoisotopic (exact) mass is 298 g/mol. The van der Waals surface area contributed by atoms with Crippen LogP contribution in [0.25, 0.3) is 0 Å². The van der Waals surface area contributed by atoms with Gasteiger partial charge in [0.1, 0.15) is 0 Å². The molecule has 2 unspecified atom stereocenters. The molecule has 0 aliphatic heterocycles. The van der Waals surface area contributed by atoms with E-state index in [1.807, 2.05) is 0 Å². The van der Waals surface area contributed by atoms with Gasteiger partial charge in [-0.25, -0.2) is 0 Å². The van der Waals surface area contributed by atoms with Crippen LogP contribution in [0.5, 0.6) is 11.5 Å². The van der Waals surface area contributed by atoms with E-state index < -0.39 is 0 Å². The Morgan fingerprint density at radius 2 is 1.82 bits per heavy atom. The lowest BCUT2D eigenvalue weighted by Crippen LogP contribution is -1.98. The van der Waals surface area contributed by atoms with Crippen LogP contribution in [-0.4, -0.2) is 14.2 Å². The molecule has 17 heavy (non-hydrogen) atoms. The number of hydrogen-bond acceptors (Lipinski definition) is 2. The third-order valence-electron chi connectivity index (χ3n) is 3.50. The first-order valence-electron chi connectivity index (χ1n) is 6.04. The van der Waals surface area contributed by atoms with E-state index in [2.05, 4.69) is 35.0 Å². The predicted molar refractivity (Wildman–Crippen MR) is 73.3 cm³/mol. The summed E-state index contributed by atoms with van der Waals surface area (Å²) in [5.74, 6) is 2.41. The number of hydrogen-bond donors (Lipinski definition) is 0. The lowest BCUT2D eigenvalue weighted by Gasteiger charge is -2.16. The summed E-state index contributed by atoms with van der Waals surface area (Å²) in [6, 6.07) is 4.24. The minimum absolute atomic E-state index is 0.426. The molecule has 0 spiro atoms. The van der Waals surface area contributed by atoms with Gasteiger partial charge in [0.2, 0.25) is 0 Å². The molecule has 0 fully saturated rings. The van der Waals surface area contributed by atoms with Crippen molar-refractivity contribution in [1.82, 2.24) is 0 Å². The summed E-state index contributed by atoms with van der Waals surface area (Å²) in [6.45, 7) is 2.31. The van der Waals surface area contributed by atoms with Crippen molar-refractivity contribution in [1.29, 1.82) is 0 Å². The molecular formula is C14H19BrO2. The molecule has 2 nitrogen and oxygen atoms in total. The van der Waals surface area contributed by atoms with Gasteiger partial charge in [-0.15, -0.1) is 0 Å². The Hall–Kier alpha value is -0.700. The molecular weight excluding hydrogens is 280 g/mol. The SMILES string of the molecule is COc1cc2c(cc1OC)C(Br)CC(C)CC2. The van der Waals surface area contributed by atoms with Gasteiger partial charge in [-0.2, -0.15) is 0 Å². The first-order valence-corrected chi connectivity index (χ1v) is 6.96. The highest BCUT2D eigenvalue weighted by molar-refractivity contribution is 9.09. The summed E-state index contributed by atoms with van der Waals surface area (Å²) < 4.78 is 10.7. The van der Waals surface area contributed by atoms with Crippen molar-refractivity contribution in [3.05, 3.63) is 23.3 Å². The number of methoxy groups -OCH3 is 2. The quantitative estimate of drug-likeness (QED) is 0.604. The van der Waals surface area contributed by atoms with Crippen molar-refractivity contribution in [2.24, 2.45) is 5.92 Å². The predicted octanol–water partition coefficient (Wildman–Crippen LogP) is 4.11. The fraction of sp³-hybridized carbons (Fsp3) is 0.571. The maximum absolute atomic E-state index is 5.37. The Kier molecular flexibility index (Phi) is 3.97. The molecule has 1 aromatic carbocycles. The largest absolute Gasteiger partial charge is 0.493 e. The van der Waals surface area contributed by atoms with E-state index in [0.29, 0.717) is 4.83 Å². The van der Waals surface area contributed by atoms with E-state index in [4.69, 9.17) is 9.47 Å². The van der Waals surface area contributed by atoms with Crippen LogP contribution in [-0.2, 0) is 6.42 Å². The van der Waals surface area contributed by atoms with Crippen molar-refractivity contribution in [2.45, 2.75) is 31.0 Å². The van der Waals surface area contributed by atoms with Crippen LogP contribution in [0.4, 0.5) is 0 Å². The number of ether oxygens (including phenoxy) is 2. The number of rotatable bonds is 2. The number of fused-ring (bicyclic) bond motifs is 1. The van der Waals surface area contributed by atoms with E-state index in [-0.39, 0.29) is 0 Å². The molecule has 0 radical (unpaired) electrons. The van der Waals surface area contributed by atoms with Crippen LogP contribution >= 0.6 is 15.9 Å². The van der Waals surface area contributed by atoms with Gasteiger partial charge in [-0.3, -0.25) is 0 Å². The van der Waals surface area contributed by atoms with Gasteiger partial charge in [-0.1, -0.05) is 22.9 Å². The number of benzene rings is 1. The van der Waals surface area contributed by atoms with Gasteiger partial charge in [0.25, 0.3) is 0 Å². The fourth-order valence-electron chi connectivity index (χ4n) is 2.44. The zero-order valence-electron chi connectivity index (χ0n) is 10.6. The lowest BCUT2D eigenvalue weighted by atomic mass is 10.0.